The number of benzene rings is 4. The minimum atomic E-state index is -0.987. The predicted molar refractivity (Wildman–Crippen MR) is 111 cm³/mol. The molecule has 9 nitrogen and oxygen atoms in total. The average molecular weight is 416 g/mol. The molecule has 152 valence electrons. The van der Waals surface area contributed by atoms with Gasteiger partial charge in [-0.25, -0.2) is 9.59 Å². The number of non-ortho nitro benzene ring substituents is 2. The number of fused-ring (bicyclic) bond motifs is 2. The van der Waals surface area contributed by atoms with Crippen molar-refractivity contribution < 1.29 is 24.2 Å². The lowest BCUT2D eigenvalue weighted by Gasteiger charge is -2.08. The van der Waals surface area contributed by atoms with Gasteiger partial charge < -0.3 is 4.74 Å². The van der Waals surface area contributed by atoms with Crippen LogP contribution in [0.15, 0.2) is 72.8 Å². The summed E-state index contributed by atoms with van der Waals surface area (Å²) in [6.45, 7) is 0. The Labute approximate surface area is 173 Å². The number of hydrogen-bond acceptors (Lipinski definition) is 7. The standard InChI is InChI=1S/C22H12N2O7/c25-21(17-5-1-3-13-7-9-15(23(27)28)11-19(13)17)31-22(26)18-6-2-4-14-8-10-16(24(29)30)12-20(14)18/h1-12H. The number of hydrogen-bond donors (Lipinski definition) is 0. The largest absolute Gasteiger partial charge is 0.386 e. The Balaban J connectivity index is 1.72. The highest BCUT2D eigenvalue weighted by atomic mass is 16.6. The third-order valence-electron chi connectivity index (χ3n) is 4.78. The Morgan fingerprint density at radius 2 is 1.06 bits per heavy atom. The van der Waals surface area contributed by atoms with Crippen LogP contribution in [0.25, 0.3) is 21.5 Å². The summed E-state index contributed by atoms with van der Waals surface area (Å²) in [7, 11) is 0. The molecule has 4 aromatic rings. The van der Waals surface area contributed by atoms with Crippen LogP contribution >= 0.6 is 0 Å². The summed E-state index contributed by atoms with van der Waals surface area (Å²) in [6, 6.07) is 17.3. The zero-order valence-electron chi connectivity index (χ0n) is 15.7. The fraction of sp³-hybridized carbons (Fsp3) is 0. The van der Waals surface area contributed by atoms with Crippen molar-refractivity contribution >= 4 is 44.9 Å². The molecule has 0 heterocycles. The molecule has 0 spiro atoms. The number of nitro groups is 2. The Hall–Kier alpha value is -4.66. The first-order valence-corrected chi connectivity index (χ1v) is 8.96. The van der Waals surface area contributed by atoms with Gasteiger partial charge in [0, 0.05) is 35.0 Å². The molecule has 0 radical (unpaired) electrons. The zero-order chi connectivity index (χ0) is 22.1. The van der Waals surface area contributed by atoms with Crippen molar-refractivity contribution in [2.75, 3.05) is 0 Å². The molecule has 0 saturated carbocycles. The van der Waals surface area contributed by atoms with Gasteiger partial charge in [0.2, 0.25) is 0 Å². The SMILES string of the molecule is O=C(OC(=O)c1cccc2ccc([N+](=O)[O-])cc12)c1cccc2ccc([N+](=O)[O-])cc12. The van der Waals surface area contributed by atoms with E-state index in [4.69, 9.17) is 4.74 Å². The Morgan fingerprint density at radius 3 is 1.45 bits per heavy atom. The second-order valence-electron chi connectivity index (χ2n) is 6.61. The average Bonchev–Trinajstić information content (AvgIpc) is 2.77. The highest BCUT2D eigenvalue weighted by Gasteiger charge is 2.21. The third-order valence-corrected chi connectivity index (χ3v) is 4.78. The number of nitrogens with zero attached hydrogens (tertiary/aromatic N) is 2. The number of ether oxygens (including phenoxy) is 1. The molecular weight excluding hydrogens is 404 g/mol. The maximum atomic E-state index is 12.7. The third kappa shape index (κ3) is 3.67. The van der Waals surface area contributed by atoms with Gasteiger partial charge in [0.1, 0.15) is 0 Å². The van der Waals surface area contributed by atoms with Crippen molar-refractivity contribution in [2.45, 2.75) is 0 Å². The summed E-state index contributed by atoms with van der Waals surface area (Å²) in [4.78, 5) is 46.4. The Kier molecular flexibility index (Phi) is 4.84. The van der Waals surface area contributed by atoms with Gasteiger partial charge in [-0.15, -0.1) is 0 Å². The summed E-state index contributed by atoms with van der Waals surface area (Å²) >= 11 is 0. The summed E-state index contributed by atoms with van der Waals surface area (Å²) in [6.07, 6.45) is 0. The fourth-order valence-corrected chi connectivity index (χ4v) is 3.30. The molecular formula is C22H12N2O7. The molecule has 9 heteroatoms. The van der Waals surface area contributed by atoms with Crippen LogP contribution in [0.2, 0.25) is 0 Å². The van der Waals surface area contributed by atoms with Gasteiger partial charge in [0.15, 0.2) is 0 Å². The maximum Gasteiger partial charge on any atom is 0.346 e. The van der Waals surface area contributed by atoms with E-state index in [-0.39, 0.29) is 33.3 Å². The van der Waals surface area contributed by atoms with E-state index in [9.17, 15) is 29.8 Å². The van der Waals surface area contributed by atoms with Crippen molar-refractivity contribution in [3.63, 3.8) is 0 Å². The molecule has 0 aliphatic carbocycles. The lowest BCUT2D eigenvalue weighted by atomic mass is 10.0. The first kappa shape index (κ1) is 19.6. The van der Waals surface area contributed by atoms with E-state index in [0.29, 0.717) is 10.8 Å². The molecule has 0 aliphatic rings. The first-order valence-electron chi connectivity index (χ1n) is 8.96. The maximum absolute atomic E-state index is 12.7. The molecule has 0 atom stereocenters. The van der Waals surface area contributed by atoms with E-state index >= 15 is 0 Å². The van der Waals surface area contributed by atoms with Crippen LogP contribution in [0.4, 0.5) is 11.4 Å². The van der Waals surface area contributed by atoms with Crippen molar-refractivity contribution in [3.8, 4) is 0 Å². The summed E-state index contributed by atoms with van der Waals surface area (Å²) in [5, 5.41) is 23.8. The van der Waals surface area contributed by atoms with Crippen LogP contribution in [0.5, 0.6) is 0 Å². The van der Waals surface area contributed by atoms with Crippen LogP contribution in [0, 0.1) is 20.2 Å². The smallest absolute Gasteiger partial charge is 0.346 e. The van der Waals surface area contributed by atoms with Gasteiger partial charge in [0.05, 0.1) is 21.0 Å². The molecule has 0 saturated heterocycles. The first-order chi connectivity index (χ1) is 14.8. The number of rotatable bonds is 4. The van der Waals surface area contributed by atoms with Gasteiger partial charge in [-0.3, -0.25) is 20.2 Å². The molecule has 4 rings (SSSR count). The van der Waals surface area contributed by atoms with Crippen LogP contribution in [0.3, 0.4) is 0 Å². The number of carbonyl (C=O) groups is 2. The lowest BCUT2D eigenvalue weighted by molar-refractivity contribution is -0.384. The zero-order valence-corrected chi connectivity index (χ0v) is 15.7. The fourth-order valence-electron chi connectivity index (χ4n) is 3.30. The van der Waals surface area contributed by atoms with Gasteiger partial charge in [0.25, 0.3) is 11.4 Å². The van der Waals surface area contributed by atoms with E-state index in [1.54, 1.807) is 24.3 Å². The van der Waals surface area contributed by atoms with Crippen LogP contribution in [0.1, 0.15) is 20.7 Å². The van der Waals surface area contributed by atoms with Gasteiger partial charge in [-0.05, 0) is 35.0 Å². The predicted octanol–water partition coefficient (Wildman–Crippen LogP) is 4.81. The van der Waals surface area contributed by atoms with E-state index < -0.39 is 21.8 Å². The van der Waals surface area contributed by atoms with Crippen LogP contribution in [-0.2, 0) is 4.74 Å². The second-order valence-corrected chi connectivity index (χ2v) is 6.61. The quantitative estimate of drug-likeness (QED) is 0.202. The van der Waals surface area contributed by atoms with Crippen LogP contribution < -0.4 is 0 Å². The van der Waals surface area contributed by atoms with E-state index in [1.807, 2.05) is 0 Å². The number of esters is 2. The molecule has 0 aliphatic heterocycles. The minimum Gasteiger partial charge on any atom is -0.386 e. The minimum absolute atomic E-state index is 0.0132. The van der Waals surface area contributed by atoms with Gasteiger partial charge in [-0.2, -0.15) is 0 Å². The monoisotopic (exact) mass is 416 g/mol. The molecule has 0 N–H and O–H groups in total. The summed E-state index contributed by atoms with van der Waals surface area (Å²) in [5.41, 5.74) is -0.442. The topological polar surface area (TPSA) is 130 Å². The van der Waals surface area contributed by atoms with Crippen LogP contribution in [-0.4, -0.2) is 21.8 Å². The highest BCUT2D eigenvalue weighted by Crippen LogP contribution is 2.27. The molecule has 0 aromatic heterocycles. The summed E-state index contributed by atoms with van der Waals surface area (Å²) in [5.74, 6) is -1.97. The Bertz CT molecular complexity index is 1300. The molecule has 4 aromatic carbocycles. The highest BCUT2D eigenvalue weighted by molar-refractivity contribution is 6.13. The van der Waals surface area contributed by atoms with Crippen molar-refractivity contribution in [2.24, 2.45) is 0 Å². The molecule has 31 heavy (non-hydrogen) atoms. The second kappa shape index (κ2) is 7.64. The normalized spacial score (nSPS) is 10.7. The van der Waals surface area contributed by atoms with Gasteiger partial charge >= 0.3 is 11.9 Å². The molecule has 0 bridgehead atoms. The van der Waals surface area contributed by atoms with Crippen molar-refractivity contribution in [1.82, 2.24) is 0 Å². The molecule has 0 unspecified atom stereocenters. The van der Waals surface area contributed by atoms with E-state index in [2.05, 4.69) is 0 Å². The lowest BCUT2D eigenvalue weighted by Crippen LogP contribution is -2.13. The number of carbonyl (C=O) groups excluding carboxylic acids is 2. The molecule has 0 fully saturated rings. The molecule has 0 amide bonds. The van der Waals surface area contributed by atoms with Crippen molar-refractivity contribution in [3.05, 3.63) is 104 Å². The summed E-state index contributed by atoms with van der Waals surface area (Å²) < 4.78 is 5.02. The van der Waals surface area contributed by atoms with Crippen molar-refractivity contribution in [1.29, 1.82) is 0 Å². The van der Waals surface area contributed by atoms with E-state index in [1.165, 1.54) is 48.5 Å². The van der Waals surface area contributed by atoms with E-state index in [0.717, 1.165) is 0 Å². The van der Waals surface area contributed by atoms with Gasteiger partial charge in [-0.1, -0.05) is 24.3 Å². The Morgan fingerprint density at radius 1 is 0.645 bits per heavy atom. The number of nitro benzene ring substituents is 2.